The van der Waals surface area contributed by atoms with E-state index in [0.29, 0.717) is 5.56 Å². The number of nitrogens with zero attached hydrogens (tertiary/aromatic N) is 2. The van der Waals surface area contributed by atoms with Crippen molar-refractivity contribution < 1.29 is 22.7 Å². The minimum absolute atomic E-state index is 0.000675. The van der Waals surface area contributed by atoms with Crippen molar-refractivity contribution in [2.24, 2.45) is 0 Å². The number of carbonyl (C=O) groups is 1. The van der Waals surface area contributed by atoms with Gasteiger partial charge in [-0.25, -0.2) is 0 Å². The second kappa shape index (κ2) is 10.6. The fraction of sp³-hybridized carbons (Fsp3) is 0.370. The largest absolute Gasteiger partial charge is 0.416 e. The Bertz CT molecular complexity index is 1120. The number of Topliss-reactive ketones (excluding diaryl/α,β-unsaturated/α-hetero) is 1. The zero-order valence-corrected chi connectivity index (χ0v) is 19.3. The Hall–Kier alpha value is -2.90. The van der Waals surface area contributed by atoms with Crippen LogP contribution in [0.5, 0.6) is 0 Å². The topological polar surface area (TPSA) is 34.5 Å². The molecule has 0 spiro atoms. The predicted molar refractivity (Wildman–Crippen MR) is 126 cm³/mol. The molecule has 1 saturated heterocycles. The van der Waals surface area contributed by atoms with Crippen LogP contribution in [0, 0.1) is 6.92 Å². The summed E-state index contributed by atoms with van der Waals surface area (Å²) in [4.78, 5) is 15.6. The highest BCUT2D eigenvalue weighted by atomic mass is 19.4. The highest BCUT2D eigenvalue weighted by Crippen LogP contribution is 2.33. The lowest BCUT2D eigenvalue weighted by Crippen LogP contribution is -2.37. The molecular formula is C27H29F3N2O2. The van der Waals surface area contributed by atoms with Gasteiger partial charge in [0.25, 0.3) is 0 Å². The number of hydrogen-bond donors (Lipinski definition) is 0. The Morgan fingerprint density at radius 1 is 0.971 bits per heavy atom. The third-order valence-electron chi connectivity index (χ3n) is 6.37. The van der Waals surface area contributed by atoms with E-state index in [9.17, 15) is 18.0 Å². The Labute approximate surface area is 198 Å². The first-order valence-electron chi connectivity index (χ1n) is 11.6. The predicted octanol–water partition coefficient (Wildman–Crippen LogP) is 5.63. The van der Waals surface area contributed by atoms with E-state index in [4.69, 9.17) is 4.74 Å². The van der Waals surface area contributed by atoms with Crippen LogP contribution in [0.25, 0.3) is 11.3 Å². The van der Waals surface area contributed by atoms with Crippen LogP contribution in [0.2, 0.25) is 0 Å². The molecule has 0 radical (unpaired) electrons. The standard InChI is InChI=1S/C27H29F3N2O2/c1-20-23(26(33)18-22-10-5-6-11-24(22)27(28,29)30)19-25(21-8-3-2-4-9-21)32(20)13-7-12-31-14-16-34-17-15-31/h2-6,8-11,19H,7,12-18H2,1H3. The highest BCUT2D eigenvalue weighted by molar-refractivity contribution is 6.00. The number of aromatic nitrogens is 1. The monoisotopic (exact) mass is 470 g/mol. The Balaban J connectivity index is 1.60. The maximum absolute atomic E-state index is 13.4. The molecule has 1 aliphatic rings. The smallest absolute Gasteiger partial charge is 0.379 e. The summed E-state index contributed by atoms with van der Waals surface area (Å²) >= 11 is 0. The summed E-state index contributed by atoms with van der Waals surface area (Å²) in [7, 11) is 0. The van der Waals surface area contributed by atoms with Crippen LogP contribution in [0.3, 0.4) is 0 Å². The van der Waals surface area contributed by atoms with E-state index >= 15 is 0 Å². The molecule has 0 saturated carbocycles. The molecule has 2 aromatic carbocycles. The number of ketones is 1. The first-order chi connectivity index (χ1) is 16.3. The molecule has 2 heterocycles. The van der Waals surface area contributed by atoms with E-state index in [2.05, 4.69) is 9.47 Å². The SMILES string of the molecule is Cc1c(C(=O)Cc2ccccc2C(F)(F)F)cc(-c2ccccc2)n1CCCN1CCOCC1. The van der Waals surface area contributed by atoms with Crippen LogP contribution in [0.15, 0.2) is 60.7 Å². The first-order valence-corrected chi connectivity index (χ1v) is 11.6. The van der Waals surface area contributed by atoms with Gasteiger partial charge in [-0.1, -0.05) is 48.5 Å². The van der Waals surface area contributed by atoms with Crippen molar-refractivity contribution in [2.75, 3.05) is 32.8 Å². The normalized spacial score (nSPS) is 14.9. The van der Waals surface area contributed by atoms with Crippen LogP contribution < -0.4 is 0 Å². The van der Waals surface area contributed by atoms with Gasteiger partial charge in [0.05, 0.1) is 18.8 Å². The zero-order chi connectivity index (χ0) is 24.1. The van der Waals surface area contributed by atoms with Crippen LogP contribution >= 0.6 is 0 Å². The second-order valence-electron chi connectivity index (χ2n) is 8.61. The quantitative estimate of drug-likeness (QED) is 0.400. The van der Waals surface area contributed by atoms with Crippen LogP contribution in [-0.4, -0.2) is 48.1 Å². The van der Waals surface area contributed by atoms with Crippen LogP contribution in [0.1, 0.15) is 33.6 Å². The summed E-state index contributed by atoms with van der Waals surface area (Å²) < 4.78 is 47.8. The first kappa shape index (κ1) is 24.2. The molecule has 0 aliphatic carbocycles. The number of alkyl halides is 3. The third-order valence-corrected chi connectivity index (χ3v) is 6.37. The van der Waals surface area contributed by atoms with Gasteiger partial charge in [0.15, 0.2) is 5.78 Å². The van der Waals surface area contributed by atoms with Gasteiger partial charge >= 0.3 is 6.18 Å². The van der Waals surface area contributed by atoms with Gasteiger partial charge in [-0.2, -0.15) is 13.2 Å². The van der Waals surface area contributed by atoms with E-state index in [1.165, 1.54) is 18.2 Å². The average Bonchev–Trinajstić information content (AvgIpc) is 3.16. The maximum Gasteiger partial charge on any atom is 0.416 e. The molecule has 3 aromatic rings. The van der Waals surface area contributed by atoms with Crippen molar-refractivity contribution in [2.45, 2.75) is 32.5 Å². The Morgan fingerprint density at radius 3 is 2.35 bits per heavy atom. The second-order valence-corrected chi connectivity index (χ2v) is 8.61. The van der Waals surface area contributed by atoms with Crippen molar-refractivity contribution in [1.29, 1.82) is 0 Å². The molecule has 7 heteroatoms. The molecule has 0 atom stereocenters. The number of ether oxygens (including phenoxy) is 1. The molecule has 4 nitrogen and oxygen atoms in total. The number of rotatable bonds is 8. The Morgan fingerprint density at radius 2 is 1.65 bits per heavy atom. The number of benzene rings is 2. The van der Waals surface area contributed by atoms with Gasteiger partial charge in [0.1, 0.15) is 0 Å². The fourth-order valence-electron chi connectivity index (χ4n) is 4.56. The van der Waals surface area contributed by atoms with E-state index in [-0.39, 0.29) is 17.8 Å². The van der Waals surface area contributed by atoms with Crippen molar-refractivity contribution in [1.82, 2.24) is 9.47 Å². The van der Waals surface area contributed by atoms with Gasteiger partial charge in [0.2, 0.25) is 0 Å². The molecule has 1 aliphatic heterocycles. The third kappa shape index (κ3) is 5.59. The molecule has 1 fully saturated rings. The lowest BCUT2D eigenvalue weighted by molar-refractivity contribution is -0.138. The summed E-state index contributed by atoms with van der Waals surface area (Å²) in [5.74, 6) is -0.307. The summed E-state index contributed by atoms with van der Waals surface area (Å²) in [6.07, 6.45) is -3.88. The average molecular weight is 471 g/mol. The van der Waals surface area contributed by atoms with Gasteiger partial charge in [-0.3, -0.25) is 9.69 Å². The molecule has 4 rings (SSSR count). The Kier molecular flexibility index (Phi) is 7.54. The molecule has 0 N–H and O–H groups in total. The van der Waals surface area contributed by atoms with E-state index in [1.54, 1.807) is 0 Å². The van der Waals surface area contributed by atoms with Crippen LogP contribution in [-0.2, 0) is 23.9 Å². The van der Waals surface area contributed by atoms with E-state index in [1.807, 2.05) is 43.3 Å². The lowest BCUT2D eigenvalue weighted by Gasteiger charge is -2.26. The number of halogens is 3. The van der Waals surface area contributed by atoms with Crippen molar-refractivity contribution in [3.05, 3.63) is 83.0 Å². The van der Waals surface area contributed by atoms with Gasteiger partial charge in [-0.05, 0) is 36.6 Å². The minimum Gasteiger partial charge on any atom is -0.379 e. The van der Waals surface area contributed by atoms with Crippen molar-refractivity contribution >= 4 is 5.78 Å². The summed E-state index contributed by atoms with van der Waals surface area (Å²) in [6.45, 7) is 6.85. The van der Waals surface area contributed by atoms with Crippen molar-refractivity contribution in [3.8, 4) is 11.3 Å². The highest BCUT2D eigenvalue weighted by Gasteiger charge is 2.33. The summed E-state index contributed by atoms with van der Waals surface area (Å²) in [5, 5.41) is 0. The molecule has 1 aromatic heterocycles. The lowest BCUT2D eigenvalue weighted by atomic mass is 9.98. The summed E-state index contributed by atoms with van der Waals surface area (Å²) in [5.41, 5.74) is 2.40. The van der Waals surface area contributed by atoms with Gasteiger partial charge in [0, 0.05) is 49.6 Å². The molecule has 0 bridgehead atoms. The summed E-state index contributed by atoms with van der Waals surface area (Å²) in [6, 6.07) is 16.9. The fourth-order valence-corrected chi connectivity index (χ4v) is 4.56. The maximum atomic E-state index is 13.4. The van der Waals surface area contributed by atoms with Crippen molar-refractivity contribution in [3.63, 3.8) is 0 Å². The van der Waals surface area contributed by atoms with E-state index in [0.717, 1.165) is 68.8 Å². The molecule has 180 valence electrons. The zero-order valence-electron chi connectivity index (χ0n) is 19.3. The van der Waals surface area contributed by atoms with Crippen LogP contribution in [0.4, 0.5) is 13.2 Å². The van der Waals surface area contributed by atoms with E-state index < -0.39 is 11.7 Å². The number of morpholine rings is 1. The number of carbonyl (C=O) groups excluding carboxylic acids is 1. The van der Waals surface area contributed by atoms with Gasteiger partial charge in [-0.15, -0.1) is 0 Å². The molecule has 0 unspecified atom stereocenters. The molecule has 0 amide bonds. The molecular weight excluding hydrogens is 441 g/mol. The minimum atomic E-state index is -4.49. The van der Waals surface area contributed by atoms with Gasteiger partial charge < -0.3 is 9.30 Å². The number of hydrogen-bond acceptors (Lipinski definition) is 3. The molecule has 34 heavy (non-hydrogen) atoms.